The Morgan fingerprint density at radius 2 is 1.95 bits per heavy atom. The van der Waals surface area contributed by atoms with Gasteiger partial charge in [0.1, 0.15) is 5.75 Å². The van der Waals surface area contributed by atoms with Gasteiger partial charge in [0.05, 0.1) is 5.02 Å². The molecule has 0 unspecified atom stereocenters. The third kappa shape index (κ3) is 6.46. The Hall–Kier alpha value is -1.57. The van der Waals surface area contributed by atoms with Crippen LogP contribution >= 0.6 is 35.4 Å². The van der Waals surface area contributed by atoms with E-state index in [1.165, 1.54) is 6.07 Å². The third-order valence-electron chi connectivity index (χ3n) is 2.33. The quantitative estimate of drug-likeness (QED) is 0.563. The summed E-state index contributed by atoms with van der Waals surface area (Å²) in [5.41, 5.74) is 4.68. The zero-order valence-electron chi connectivity index (χ0n) is 11.9. The molecule has 0 atom stereocenters. The van der Waals surface area contributed by atoms with Crippen molar-refractivity contribution in [2.75, 3.05) is 6.61 Å². The van der Waals surface area contributed by atoms with E-state index < -0.39 is 5.91 Å². The monoisotopic (exact) mass is 363 g/mol. The number of carbonyl (C=O) groups is 2. The molecule has 1 aromatic carbocycles. The van der Waals surface area contributed by atoms with Crippen LogP contribution in [0, 0.1) is 5.92 Å². The zero-order valence-corrected chi connectivity index (χ0v) is 14.2. The van der Waals surface area contributed by atoms with Crippen molar-refractivity contribution in [1.29, 1.82) is 0 Å². The first kappa shape index (κ1) is 18.5. The summed E-state index contributed by atoms with van der Waals surface area (Å²) in [6.07, 6.45) is 0. The van der Waals surface area contributed by atoms with E-state index in [0.717, 1.165) is 0 Å². The van der Waals surface area contributed by atoms with Gasteiger partial charge in [0.15, 0.2) is 11.7 Å². The second kappa shape index (κ2) is 8.77. The van der Waals surface area contributed by atoms with Gasteiger partial charge in [-0.25, -0.2) is 0 Å². The molecule has 0 spiro atoms. The summed E-state index contributed by atoms with van der Waals surface area (Å²) in [6, 6.07) is 4.65. The van der Waals surface area contributed by atoms with Gasteiger partial charge >= 0.3 is 0 Å². The summed E-state index contributed by atoms with van der Waals surface area (Å²) in [5.74, 6) is -0.633. The van der Waals surface area contributed by atoms with Crippen LogP contribution in [-0.4, -0.2) is 23.5 Å². The summed E-state index contributed by atoms with van der Waals surface area (Å²) in [7, 11) is 0. The Labute approximate surface area is 143 Å². The molecule has 2 amide bonds. The van der Waals surface area contributed by atoms with Crippen LogP contribution in [-0.2, 0) is 9.59 Å². The molecule has 0 aromatic heterocycles. The van der Waals surface area contributed by atoms with E-state index in [1.807, 2.05) is 0 Å². The topological polar surface area (TPSA) is 79.5 Å². The number of benzene rings is 1. The molecule has 0 aliphatic carbocycles. The number of hydrazine groups is 1. The Morgan fingerprint density at radius 1 is 1.27 bits per heavy atom. The van der Waals surface area contributed by atoms with Crippen molar-refractivity contribution < 1.29 is 14.3 Å². The summed E-state index contributed by atoms with van der Waals surface area (Å²) >= 11 is 16.5. The molecule has 9 heteroatoms. The first-order valence-electron chi connectivity index (χ1n) is 6.27. The maximum atomic E-state index is 11.6. The third-order valence-corrected chi connectivity index (χ3v) is 3.06. The van der Waals surface area contributed by atoms with Crippen LogP contribution in [0.2, 0.25) is 10.0 Å². The van der Waals surface area contributed by atoms with Gasteiger partial charge in [0.2, 0.25) is 5.91 Å². The van der Waals surface area contributed by atoms with Crippen LogP contribution in [0.4, 0.5) is 0 Å². The Kier molecular flexibility index (Phi) is 7.37. The van der Waals surface area contributed by atoms with Crippen LogP contribution in [0.15, 0.2) is 18.2 Å². The molecule has 0 saturated carbocycles. The molecule has 0 radical (unpaired) electrons. The molecular weight excluding hydrogens is 349 g/mol. The fraction of sp³-hybridized carbons (Fsp3) is 0.308. The lowest BCUT2D eigenvalue weighted by Gasteiger charge is -2.12. The van der Waals surface area contributed by atoms with Crippen LogP contribution < -0.4 is 20.9 Å². The van der Waals surface area contributed by atoms with Crippen molar-refractivity contribution in [3.63, 3.8) is 0 Å². The number of hydrogen-bond acceptors (Lipinski definition) is 4. The van der Waals surface area contributed by atoms with Gasteiger partial charge in [-0.05, 0) is 30.4 Å². The molecule has 0 saturated heterocycles. The molecule has 22 heavy (non-hydrogen) atoms. The molecule has 1 rings (SSSR count). The lowest BCUT2D eigenvalue weighted by molar-refractivity contribution is -0.124. The Balaban J connectivity index is 2.34. The Morgan fingerprint density at radius 3 is 2.55 bits per heavy atom. The summed E-state index contributed by atoms with van der Waals surface area (Å²) in [4.78, 5) is 23.0. The molecule has 0 aliphatic heterocycles. The van der Waals surface area contributed by atoms with E-state index in [-0.39, 0.29) is 23.5 Å². The van der Waals surface area contributed by atoms with Crippen molar-refractivity contribution in [1.82, 2.24) is 16.2 Å². The fourth-order valence-corrected chi connectivity index (χ4v) is 1.80. The van der Waals surface area contributed by atoms with E-state index in [9.17, 15) is 9.59 Å². The molecule has 0 fully saturated rings. The molecule has 6 nitrogen and oxygen atoms in total. The van der Waals surface area contributed by atoms with Gasteiger partial charge in [-0.2, -0.15) is 0 Å². The standard InChI is InChI=1S/C13H15Cl2N3O3S/c1-7(2)12(20)16-13(22)18-17-11(19)6-21-10-4-3-8(14)5-9(10)15/h3-5,7H,6H2,1-2H3,(H,17,19)(H2,16,18,20,22). The average Bonchev–Trinajstić information content (AvgIpc) is 2.44. The van der Waals surface area contributed by atoms with Gasteiger partial charge in [0, 0.05) is 10.9 Å². The zero-order chi connectivity index (χ0) is 16.7. The molecule has 1 aromatic rings. The van der Waals surface area contributed by atoms with Gasteiger partial charge in [-0.15, -0.1) is 0 Å². The lowest BCUT2D eigenvalue weighted by Crippen LogP contribution is -2.50. The van der Waals surface area contributed by atoms with Gasteiger partial charge in [-0.3, -0.25) is 20.4 Å². The predicted molar refractivity (Wildman–Crippen MR) is 88.8 cm³/mol. The molecule has 0 aliphatic rings. The van der Waals surface area contributed by atoms with Crippen LogP contribution in [0.25, 0.3) is 0 Å². The smallest absolute Gasteiger partial charge is 0.276 e. The highest BCUT2D eigenvalue weighted by molar-refractivity contribution is 7.80. The van der Waals surface area contributed by atoms with E-state index in [2.05, 4.69) is 16.2 Å². The minimum atomic E-state index is -0.493. The van der Waals surface area contributed by atoms with Crippen molar-refractivity contribution in [2.24, 2.45) is 5.92 Å². The maximum absolute atomic E-state index is 11.6. The number of ether oxygens (including phenoxy) is 1. The highest BCUT2D eigenvalue weighted by atomic mass is 35.5. The molecular formula is C13H15Cl2N3O3S. The summed E-state index contributed by atoms with van der Waals surface area (Å²) < 4.78 is 5.23. The number of rotatable bonds is 4. The number of nitrogens with one attached hydrogen (secondary N) is 3. The van der Waals surface area contributed by atoms with Crippen molar-refractivity contribution in [3.8, 4) is 5.75 Å². The summed E-state index contributed by atoms with van der Waals surface area (Å²) in [5, 5.41) is 3.18. The largest absolute Gasteiger partial charge is 0.482 e. The minimum Gasteiger partial charge on any atom is -0.482 e. The normalized spacial score (nSPS) is 10.0. The van der Waals surface area contributed by atoms with E-state index in [4.69, 9.17) is 40.2 Å². The number of halogens is 2. The first-order valence-corrected chi connectivity index (χ1v) is 7.43. The maximum Gasteiger partial charge on any atom is 0.276 e. The fourth-order valence-electron chi connectivity index (χ4n) is 1.19. The number of hydrogen-bond donors (Lipinski definition) is 3. The highest BCUT2D eigenvalue weighted by Gasteiger charge is 2.10. The summed E-state index contributed by atoms with van der Waals surface area (Å²) in [6.45, 7) is 3.16. The molecule has 120 valence electrons. The predicted octanol–water partition coefficient (Wildman–Crippen LogP) is 2.05. The number of carbonyl (C=O) groups excluding carboxylic acids is 2. The second-order valence-electron chi connectivity index (χ2n) is 4.51. The Bertz CT molecular complexity index is 582. The van der Waals surface area contributed by atoms with Crippen LogP contribution in [0.5, 0.6) is 5.75 Å². The molecule has 0 heterocycles. The molecule has 3 N–H and O–H groups in total. The number of thiocarbonyl (C=S) groups is 1. The minimum absolute atomic E-state index is 0.00317. The second-order valence-corrected chi connectivity index (χ2v) is 5.76. The lowest BCUT2D eigenvalue weighted by atomic mass is 10.2. The van der Waals surface area contributed by atoms with Gasteiger partial charge in [0.25, 0.3) is 5.91 Å². The van der Waals surface area contributed by atoms with E-state index in [1.54, 1.807) is 26.0 Å². The van der Waals surface area contributed by atoms with Crippen LogP contribution in [0.3, 0.4) is 0 Å². The molecule has 0 bridgehead atoms. The van der Waals surface area contributed by atoms with Crippen molar-refractivity contribution >= 4 is 52.3 Å². The first-order chi connectivity index (χ1) is 10.3. The van der Waals surface area contributed by atoms with Crippen molar-refractivity contribution in [2.45, 2.75) is 13.8 Å². The van der Waals surface area contributed by atoms with Crippen molar-refractivity contribution in [3.05, 3.63) is 28.2 Å². The highest BCUT2D eigenvalue weighted by Crippen LogP contribution is 2.27. The van der Waals surface area contributed by atoms with Gasteiger partial charge < -0.3 is 10.1 Å². The number of amides is 2. The van der Waals surface area contributed by atoms with Crippen LogP contribution in [0.1, 0.15) is 13.8 Å². The van der Waals surface area contributed by atoms with E-state index >= 15 is 0 Å². The van der Waals surface area contributed by atoms with Gasteiger partial charge in [-0.1, -0.05) is 37.0 Å². The van der Waals surface area contributed by atoms with E-state index in [0.29, 0.717) is 15.8 Å². The SMILES string of the molecule is CC(C)C(=O)NC(=S)NNC(=O)COc1ccc(Cl)cc1Cl. The average molecular weight is 364 g/mol.